The first-order valence-electron chi connectivity index (χ1n) is 7.52. The van der Waals surface area contributed by atoms with Crippen LogP contribution in [0.5, 0.6) is 0 Å². The zero-order valence-electron chi connectivity index (χ0n) is 14.1. The second-order valence-electron chi connectivity index (χ2n) is 6.61. The summed E-state index contributed by atoms with van der Waals surface area (Å²) in [6.07, 6.45) is 0. The molecule has 7 heteroatoms. The number of anilines is 1. The van der Waals surface area contributed by atoms with Gasteiger partial charge in [-0.3, -0.25) is 14.1 Å². The molecule has 6 nitrogen and oxygen atoms in total. The summed E-state index contributed by atoms with van der Waals surface area (Å²) in [6.45, 7) is 5.48. The highest BCUT2D eigenvalue weighted by Gasteiger charge is 2.22. The molecule has 0 atom stereocenters. The van der Waals surface area contributed by atoms with Gasteiger partial charge in [0.05, 0.1) is 4.90 Å². The highest BCUT2D eigenvalue weighted by atomic mass is 32.2. The number of hydrogen-bond donors (Lipinski definition) is 2. The van der Waals surface area contributed by atoms with E-state index in [1.165, 1.54) is 24.3 Å². The maximum absolute atomic E-state index is 12.2. The standard InChI is InChI=1S/C18H19NO5S/c1-18(2,3)16(20)12-4-6-13(7-5-12)17(21)19-14-8-10-15(11-9-14)25(22,23)24/h4-11H,1-3H3,(H,19,21)(H,22,23,24). The van der Waals surface area contributed by atoms with Crippen molar-refractivity contribution in [3.63, 3.8) is 0 Å². The van der Waals surface area contributed by atoms with Crippen LogP contribution in [0.1, 0.15) is 41.5 Å². The zero-order valence-corrected chi connectivity index (χ0v) is 14.9. The molecule has 25 heavy (non-hydrogen) atoms. The Bertz CT molecular complexity index is 892. The van der Waals surface area contributed by atoms with Crippen molar-refractivity contribution in [3.05, 3.63) is 59.7 Å². The molecule has 1 amide bonds. The quantitative estimate of drug-likeness (QED) is 0.642. The van der Waals surface area contributed by atoms with E-state index in [2.05, 4.69) is 5.32 Å². The van der Waals surface area contributed by atoms with Gasteiger partial charge in [-0.05, 0) is 36.4 Å². The highest BCUT2D eigenvalue weighted by Crippen LogP contribution is 2.21. The molecule has 0 aliphatic heterocycles. The second-order valence-corrected chi connectivity index (χ2v) is 8.03. The van der Waals surface area contributed by atoms with Gasteiger partial charge < -0.3 is 5.32 Å². The van der Waals surface area contributed by atoms with Crippen molar-refractivity contribution >= 4 is 27.5 Å². The third-order valence-corrected chi connectivity index (χ3v) is 4.37. The lowest BCUT2D eigenvalue weighted by atomic mass is 9.86. The fourth-order valence-electron chi connectivity index (χ4n) is 2.12. The summed E-state index contributed by atoms with van der Waals surface area (Å²) in [5, 5.41) is 2.62. The predicted octanol–water partition coefficient (Wildman–Crippen LogP) is 3.41. The molecule has 2 aromatic rings. The Balaban J connectivity index is 2.12. The van der Waals surface area contributed by atoms with Gasteiger partial charge in [0.2, 0.25) is 0 Å². The van der Waals surface area contributed by atoms with E-state index in [0.29, 0.717) is 16.8 Å². The Morgan fingerprint density at radius 2 is 1.36 bits per heavy atom. The summed E-state index contributed by atoms with van der Waals surface area (Å²) in [7, 11) is -4.27. The first kappa shape index (κ1) is 18.8. The van der Waals surface area contributed by atoms with Crippen molar-refractivity contribution in [2.24, 2.45) is 5.41 Å². The average Bonchev–Trinajstić information content (AvgIpc) is 2.53. The molecule has 132 valence electrons. The molecular formula is C18H19NO5S. The first-order chi connectivity index (χ1) is 11.5. The lowest BCUT2D eigenvalue weighted by Crippen LogP contribution is -2.20. The van der Waals surface area contributed by atoms with E-state index in [4.69, 9.17) is 4.55 Å². The van der Waals surface area contributed by atoms with Crippen molar-refractivity contribution < 1.29 is 22.6 Å². The van der Waals surface area contributed by atoms with Crippen molar-refractivity contribution in [3.8, 4) is 0 Å². The Kier molecular flexibility index (Phi) is 5.10. The molecule has 2 N–H and O–H groups in total. The number of rotatable bonds is 4. The van der Waals surface area contributed by atoms with E-state index in [1.54, 1.807) is 24.3 Å². The highest BCUT2D eigenvalue weighted by molar-refractivity contribution is 7.85. The van der Waals surface area contributed by atoms with Crippen LogP contribution in [-0.4, -0.2) is 24.7 Å². The normalized spacial score (nSPS) is 11.8. The summed E-state index contributed by atoms with van der Waals surface area (Å²) in [5.41, 5.74) is 0.775. The average molecular weight is 361 g/mol. The van der Waals surface area contributed by atoms with Gasteiger partial charge in [0, 0.05) is 22.2 Å². The molecule has 2 aromatic carbocycles. The number of nitrogens with one attached hydrogen (secondary N) is 1. The van der Waals surface area contributed by atoms with Gasteiger partial charge in [0.1, 0.15) is 0 Å². The van der Waals surface area contributed by atoms with Crippen LogP contribution in [0, 0.1) is 5.41 Å². The monoisotopic (exact) mass is 361 g/mol. The topological polar surface area (TPSA) is 101 Å². The van der Waals surface area contributed by atoms with Crippen molar-refractivity contribution in [2.75, 3.05) is 5.32 Å². The van der Waals surface area contributed by atoms with Gasteiger partial charge >= 0.3 is 0 Å². The summed E-state index contributed by atoms with van der Waals surface area (Å²) >= 11 is 0. The maximum Gasteiger partial charge on any atom is 0.294 e. The molecule has 0 radical (unpaired) electrons. The van der Waals surface area contributed by atoms with Crippen molar-refractivity contribution in [2.45, 2.75) is 25.7 Å². The molecule has 0 aliphatic carbocycles. The molecule has 0 spiro atoms. The number of amides is 1. The Labute approximate surface area is 146 Å². The van der Waals surface area contributed by atoms with E-state index in [-0.39, 0.29) is 10.7 Å². The van der Waals surface area contributed by atoms with Gasteiger partial charge in [-0.2, -0.15) is 8.42 Å². The number of ketones is 1. The maximum atomic E-state index is 12.2. The van der Waals surface area contributed by atoms with Crippen LogP contribution in [0.4, 0.5) is 5.69 Å². The third-order valence-electron chi connectivity index (χ3n) is 3.50. The summed E-state index contributed by atoms with van der Waals surface area (Å²) in [5.74, 6) is -0.408. The minimum Gasteiger partial charge on any atom is -0.322 e. The largest absolute Gasteiger partial charge is 0.322 e. The molecule has 0 aromatic heterocycles. The minimum absolute atomic E-state index is 0.0136. The Morgan fingerprint density at radius 1 is 0.880 bits per heavy atom. The van der Waals surface area contributed by atoms with Crippen LogP contribution in [0.25, 0.3) is 0 Å². The molecule has 0 saturated carbocycles. The molecular weight excluding hydrogens is 342 g/mol. The molecule has 0 heterocycles. The van der Waals surface area contributed by atoms with Crippen LogP contribution in [0.15, 0.2) is 53.4 Å². The van der Waals surface area contributed by atoms with E-state index in [0.717, 1.165) is 0 Å². The van der Waals surface area contributed by atoms with Gasteiger partial charge in [0.25, 0.3) is 16.0 Å². The number of benzene rings is 2. The third kappa shape index (κ3) is 4.74. The van der Waals surface area contributed by atoms with Crippen LogP contribution >= 0.6 is 0 Å². The molecule has 0 unspecified atom stereocenters. The summed E-state index contributed by atoms with van der Waals surface area (Å²) in [4.78, 5) is 24.1. The molecule has 0 saturated heterocycles. The van der Waals surface area contributed by atoms with Crippen LogP contribution in [-0.2, 0) is 10.1 Å². The number of hydrogen-bond acceptors (Lipinski definition) is 4. The summed E-state index contributed by atoms with van der Waals surface area (Å²) < 4.78 is 30.9. The van der Waals surface area contributed by atoms with Crippen LogP contribution in [0.2, 0.25) is 0 Å². The Hall–Kier alpha value is -2.51. The SMILES string of the molecule is CC(C)(C)C(=O)c1ccc(C(=O)Nc2ccc(S(=O)(=O)O)cc2)cc1. The lowest BCUT2D eigenvalue weighted by molar-refractivity contribution is 0.0857. The fraction of sp³-hybridized carbons (Fsp3) is 0.222. The molecule has 0 fully saturated rings. The first-order valence-corrected chi connectivity index (χ1v) is 8.96. The fourth-order valence-corrected chi connectivity index (χ4v) is 2.60. The molecule has 0 bridgehead atoms. The number of carbonyl (C=O) groups excluding carboxylic acids is 2. The van der Waals surface area contributed by atoms with E-state index >= 15 is 0 Å². The van der Waals surface area contributed by atoms with Crippen molar-refractivity contribution in [1.82, 2.24) is 0 Å². The number of Topliss-reactive ketones (excluding diaryl/α,β-unsaturated/α-hetero) is 1. The van der Waals surface area contributed by atoms with Gasteiger partial charge in [0.15, 0.2) is 5.78 Å². The summed E-state index contributed by atoms with van der Waals surface area (Å²) in [6, 6.07) is 11.4. The van der Waals surface area contributed by atoms with Gasteiger partial charge in [-0.25, -0.2) is 0 Å². The molecule has 2 rings (SSSR count). The second kappa shape index (κ2) is 6.78. The Morgan fingerprint density at radius 3 is 1.80 bits per heavy atom. The van der Waals surface area contributed by atoms with E-state index in [9.17, 15) is 18.0 Å². The number of carbonyl (C=O) groups is 2. The zero-order chi connectivity index (χ0) is 18.8. The van der Waals surface area contributed by atoms with Gasteiger partial charge in [-0.15, -0.1) is 0 Å². The van der Waals surface area contributed by atoms with E-state index < -0.39 is 21.4 Å². The smallest absolute Gasteiger partial charge is 0.294 e. The van der Waals surface area contributed by atoms with Crippen LogP contribution < -0.4 is 5.32 Å². The minimum atomic E-state index is -4.27. The predicted molar refractivity (Wildman–Crippen MR) is 94.4 cm³/mol. The van der Waals surface area contributed by atoms with E-state index in [1.807, 2.05) is 20.8 Å². The van der Waals surface area contributed by atoms with Crippen LogP contribution in [0.3, 0.4) is 0 Å². The lowest BCUT2D eigenvalue weighted by Gasteiger charge is -2.16. The van der Waals surface area contributed by atoms with Crippen molar-refractivity contribution in [1.29, 1.82) is 0 Å². The molecule has 0 aliphatic rings. The van der Waals surface area contributed by atoms with Gasteiger partial charge in [-0.1, -0.05) is 32.9 Å².